The summed E-state index contributed by atoms with van der Waals surface area (Å²) in [5, 5.41) is 11.2. The normalized spacial score (nSPS) is 17.5. The molecule has 4 rings (SSSR count). The van der Waals surface area contributed by atoms with Crippen molar-refractivity contribution < 1.29 is 14.0 Å². The van der Waals surface area contributed by atoms with Crippen LogP contribution in [-0.2, 0) is 4.74 Å². The minimum absolute atomic E-state index is 0.208. The third-order valence-electron chi connectivity index (χ3n) is 3.96. The maximum atomic E-state index is 5.43. The number of hydrogen-bond donors (Lipinski definition) is 1. The number of hydrogen-bond acceptors (Lipinski definition) is 6. The van der Waals surface area contributed by atoms with E-state index in [2.05, 4.69) is 20.3 Å². The maximum absolute atomic E-state index is 5.43. The van der Waals surface area contributed by atoms with Gasteiger partial charge in [0.2, 0.25) is 0 Å². The SMILES string of the molecule is COc1cccc(-c2[nH]ncc2-c2nc(C3CCOC3)no2)c1. The Morgan fingerprint density at radius 1 is 1.35 bits per heavy atom. The molecule has 0 spiro atoms. The molecule has 0 amide bonds. The first-order valence-electron chi connectivity index (χ1n) is 7.44. The van der Waals surface area contributed by atoms with Gasteiger partial charge in [-0.2, -0.15) is 10.1 Å². The minimum Gasteiger partial charge on any atom is -0.497 e. The van der Waals surface area contributed by atoms with Crippen LogP contribution in [-0.4, -0.2) is 40.7 Å². The van der Waals surface area contributed by atoms with E-state index in [0.717, 1.165) is 35.6 Å². The van der Waals surface area contributed by atoms with Gasteiger partial charge >= 0.3 is 0 Å². The Hall–Kier alpha value is -2.67. The number of nitrogens with one attached hydrogen (secondary N) is 1. The van der Waals surface area contributed by atoms with Gasteiger partial charge in [-0.05, 0) is 18.6 Å². The number of benzene rings is 1. The van der Waals surface area contributed by atoms with E-state index in [1.807, 2.05) is 24.3 Å². The molecule has 3 heterocycles. The molecule has 1 atom stereocenters. The van der Waals surface area contributed by atoms with Crippen molar-refractivity contribution >= 4 is 0 Å². The Kier molecular flexibility index (Phi) is 3.55. The van der Waals surface area contributed by atoms with Crippen molar-refractivity contribution in [1.82, 2.24) is 20.3 Å². The molecule has 0 bridgehead atoms. The highest BCUT2D eigenvalue weighted by molar-refractivity contribution is 5.76. The Bertz CT molecular complexity index is 805. The molecule has 0 aliphatic carbocycles. The van der Waals surface area contributed by atoms with Gasteiger partial charge in [0, 0.05) is 18.1 Å². The van der Waals surface area contributed by atoms with Gasteiger partial charge in [0.25, 0.3) is 5.89 Å². The first kappa shape index (κ1) is 14.0. The maximum Gasteiger partial charge on any atom is 0.261 e. The first-order chi connectivity index (χ1) is 11.3. The lowest BCUT2D eigenvalue weighted by Gasteiger charge is -2.03. The fourth-order valence-electron chi connectivity index (χ4n) is 2.70. The number of aromatic amines is 1. The highest BCUT2D eigenvalue weighted by Crippen LogP contribution is 2.32. The van der Waals surface area contributed by atoms with E-state index in [1.54, 1.807) is 13.3 Å². The highest BCUT2D eigenvalue weighted by Gasteiger charge is 2.24. The number of rotatable bonds is 4. The van der Waals surface area contributed by atoms with E-state index in [4.69, 9.17) is 14.0 Å². The fraction of sp³-hybridized carbons (Fsp3) is 0.312. The van der Waals surface area contributed by atoms with Crippen molar-refractivity contribution in [3.8, 4) is 28.5 Å². The van der Waals surface area contributed by atoms with Gasteiger partial charge in [-0.3, -0.25) is 5.10 Å². The molecule has 1 aromatic carbocycles. The molecule has 7 nitrogen and oxygen atoms in total. The number of nitrogens with zero attached hydrogens (tertiary/aromatic N) is 3. The first-order valence-corrected chi connectivity index (χ1v) is 7.44. The number of aromatic nitrogens is 4. The summed E-state index contributed by atoms with van der Waals surface area (Å²) in [5.74, 6) is 2.13. The van der Waals surface area contributed by atoms with Crippen LogP contribution in [0.1, 0.15) is 18.2 Å². The molecular formula is C16H16N4O3. The minimum atomic E-state index is 0.208. The predicted molar refractivity (Wildman–Crippen MR) is 82.0 cm³/mol. The quantitative estimate of drug-likeness (QED) is 0.797. The van der Waals surface area contributed by atoms with Gasteiger partial charge in [-0.15, -0.1) is 0 Å². The average molecular weight is 312 g/mol. The smallest absolute Gasteiger partial charge is 0.261 e. The molecule has 1 N–H and O–H groups in total. The standard InChI is InChI=1S/C16H16N4O3/c1-21-12-4-2-3-10(7-12)14-13(8-17-19-14)16-18-15(20-23-16)11-5-6-22-9-11/h2-4,7-8,11H,5-6,9H2,1H3,(H,17,19). The molecule has 2 aromatic heterocycles. The lowest BCUT2D eigenvalue weighted by molar-refractivity contribution is 0.192. The number of H-pyrrole nitrogens is 1. The van der Waals surface area contributed by atoms with Crippen LogP contribution in [0.15, 0.2) is 35.0 Å². The van der Waals surface area contributed by atoms with Crippen LogP contribution in [0.25, 0.3) is 22.7 Å². The molecular weight excluding hydrogens is 296 g/mol. The summed E-state index contributed by atoms with van der Waals surface area (Å²) < 4.78 is 16.1. The summed E-state index contributed by atoms with van der Waals surface area (Å²) in [6.07, 6.45) is 2.62. The van der Waals surface area contributed by atoms with Crippen LogP contribution in [0, 0.1) is 0 Å². The molecule has 0 saturated carbocycles. The van der Waals surface area contributed by atoms with Crippen LogP contribution in [0.2, 0.25) is 0 Å². The third kappa shape index (κ3) is 2.59. The molecule has 1 saturated heterocycles. The fourth-order valence-corrected chi connectivity index (χ4v) is 2.70. The van der Waals surface area contributed by atoms with Crippen LogP contribution in [0.3, 0.4) is 0 Å². The zero-order chi connectivity index (χ0) is 15.6. The van der Waals surface area contributed by atoms with Gasteiger partial charge in [0.05, 0.1) is 31.2 Å². The van der Waals surface area contributed by atoms with Crippen molar-refractivity contribution in [3.63, 3.8) is 0 Å². The van der Waals surface area contributed by atoms with Crippen LogP contribution in [0.5, 0.6) is 5.75 Å². The lowest BCUT2D eigenvalue weighted by atomic mass is 10.1. The molecule has 1 aliphatic rings. The monoisotopic (exact) mass is 312 g/mol. The van der Waals surface area contributed by atoms with Crippen molar-refractivity contribution in [2.75, 3.05) is 20.3 Å². The molecule has 3 aromatic rings. The van der Waals surface area contributed by atoms with Crippen LogP contribution in [0.4, 0.5) is 0 Å². The Balaban J connectivity index is 1.69. The second-order valence-electron chi connectivity index (χ2n) is 5.41. The van der Waals surface area contributed by atoms with Gasteiger partial charge in [0.15, 0.2) is 5.82 Å². The van der Waals surface area contributed by atoms with Crippen LogP contribution < -0.4 is 4.74 Å². The Morgan fingerprint density at radius 3 is 3.13 bits per heavy atom. The third-order valence-corrected chi connectivity index (χ3v) is 3.96. The lowest BCUT2D eigenvalue weighted by Crippen LogP contribution is -1.99. The number of methoxy groups -OCH3 is 1. The molecule has 1 fully saturated rings. The zero-order valence-corrected chi connectivity index (χ0v) is 12.7. The van der Waals surface area contributed by atoms with Crippen molar-refractivity contribution in [1.29, 1.82) is 0 Å². The summed E-state index contributed by atoms with van der Waals surface area (Å²) in [6, 6.07) is 7.72. The summed E-state index contributed by atoms with van der Waals surface area (Å²) in [5.41, 5.74) is 2.54. The van der Waals surface area contributed by atoms with E-state index < -0.39 is 0 Å². The summed E-state index contributed by atoms with van der Waals surface area (Å²) in [7, 11) is 1.64. The van der Waals surface area contributed by atoms with Crippen molar-refractivity contribution in [2.45, 2.75) is 12.3 Å². The number of ether oxygens (including phenoxy) is 2. The molecule has 7 heteroatoms. The molecule has 0 radical (unpaired) electrons. The topological polar surface area (TPSA) is 86.1 Å². The average Bonchev–Trinajstić information content (AvgIpc) is 3.33. The van der Waals surface area contributed by atoms with Gasteiger partial charge in [0.1, 0.15) is 5.75 Å². The Morgan fingerprint density at radius 2 is 2.30 bits per heavy atom. The van der Waals surface area contributed by atoms with E-state index in [1.165, 1.54) is 0 Å². The Labute approximate surface area is 132 Å². The largest absolute Gasteiger partial charge is 0.497 e. The summed E-state index contributed by atoms with van der Waals surface area (Å²) >= 11 is 0. The van der Waals surface area contributed by atoms with E-state index >= 15 is 0 Å². The molecule has 1 unspecified atom stereocenters. The molecule has 23 heavy (non-hydrogen) atoms. The second kappa shape index (κ2) is 5.85. The molecule has 118 valence electrons. The van der Waals surface area contributed by atoms with Crippen molar-refractivity contribution in [2.24, 2.45) is 0 Å². The van der Waals surface area contributed by atoms with Gasteiger partial charge < -0.3 is 14.0 Å². The van der Waals surface area contributed by atoms with Gasteiger partial charge in [-0.25, -0.2) is 0 Å². The van der Waals surface area contributed by atoms with E-state index in [0.29, 0.717) is 18.3 Å². The van der Waals surface area contributed by atoms with Gasteiger partial charge in [-0.1, -0.05) is 17.3 Å². The second-order valence-corrected chi connectivity index (χ2v) is 5.41. The van der Waals surface area contributed by atoms with Crippen molar-refractivity contribution in [3.05, 3.63) is 36.3 Å². The summed E-state index contributed by atoms with van der Waals surface area (Å²) in [4.78, 5) is 4.51. The highest BCUT2D eigenvalue weighted by atomic mass is 16.5. The molecule has 1 aliphatic heterocycles. The summed E-state index contributed by atoms with van der Waals surface area (Å²) in [6.45, 7) is 1.39. The zero-order valence-electron chi connectivity index (χ0n) is 12.7. The van der Waals surface area contributed by atoms with Crippen LogP contribution >= 0.6 is 0 Å². The van der Waals surface area contributed by atoms with E-state index in [9.17, 15) is 0 Å². The predicted octanol–water partition coefficient (Wildman–Crippen LogP) is 2.64. The van der Waals surface area contributed by atoms with E-state index in [-0.39, 0.29) is 5.92 Å².